The fraction of sp³-hybridized carbons (Fsp3) is 0.880. The van der Waals surface area contributed by atoms with E-state index in [-0.39, 0.29) is 24.7 Å². The van der Waals surface area contributed by atoms with E-state index in [1.54, 1.807) is 0 Å². The van der Waals surface area contributed by atoms with Gasteiger partial charge in [-0.05, 0) is 19.3 Å². The van der Waals surface area contributed by atoms with Gasteiger partial charge in [-0.2, -0.15) is 0 Å². The molecule has 0 aromatic heterocycles. The Labute approximate surface area is 190 Å². The summed E-state index contributed by atoms with van der Waals surface area (Å²) in [6, 6.07) is -0.821. The number of carbonyl (C=O) groups is 3. The molecule has 0 heterocycles. The molecule has 0 saturated heterocycles. The average molecular weight is 441 g/mol. The quantitative estimate of drug-likeness (QED) is 0.180. The largest absolute Gasteiger partial charge is 0.465 e. The van der Waals surface area contributed by atoms with Crippen molar-refractivity contribution in [2.24, 2.45) is 5.73 Å². The Bertz CT molecular complexity index is 468. The zero-order chi connectivity index (χ0) is 23.2. The van der Waals surface area contributed by atoms with Crippen LogP contribution >= 0.6 is 0 Å². The van der Waals surface area contributed by atoms with Gasteiger partial charge < -0.3 is 10.5 Å². The Kier molecular flexibility index (Phi) is 20.8. The van der Waals surface area contributed by atoms with E-state index in [2.05, 4.69) is 19.2 Å². The van der Waals surface area contributed by atoms with Crippen molar-refractivity contribution in [3.8, 4) is 0 Å². The first kappa shape index (κ1) is 29.6. The maximum absolute atomic E-state index is 11.9. The van der Waals surface area contributed by atoms with Crippen molar-refractivity contribution >= 4 is 17.8 Å². The predicted octanol–water partition coefficient (Wildman–Crippen LogP) is 5.56. The summed E-state index contributed by atoms with van der Waals surface area (Å²) in [5.41, 5.74) is 5.80. The second-order valence-corrected chi connectivity index (χ2v) is 8.63. The van der Waals surface area contributed by atoms with Crippen molar-refractivity contribution in [2.75, 3.05) is 6.61 Å². The number of carbonyl (C=O) groups excluding carboxylic acids is 3. The molecule has 0 rings (SSSR count). The van der Waals surface area contributed by atoms with Crippen molar-refractivity contribution in [3.05, 3.63) is 0 Å². The van der Waals surface area contributed by atoms with Gasteiger partial charge in [0.1, 0.15) is 6.04 Å². The van der Waals surface area contributed by atoms with Gasteiger partial charge >= 0.3 is 5.97 Å². The third-order valence-corrected chi connectivity index (χ3v) is 5.51. The first-order valence-electron chi connectivity index (χ1n) is 12.8. The van der Waals surface area contributed by atoms with Crippen LogP contribution in [0.2, 0.25) is 0 Å². The van der Waals surface area contributed by atoms with Crippen molar-refractivity contribution in [3.63, 3.8) is 0 Å². The van der Waals surface area contributed by atoms with E-state index in [4.69, 9.17) is 10.5 Å². The highest BCUT2D eigenvalue weighted by Gasteiger charge is 2.17. The molecular formula is C25H48N2O4. The number of unbranched alkanes of at least 4 members (excludes halogenated alkanes) is 13. The minimum atomic E-state index is -0.821. The number of hydrogen-bond donors (Lipinski definition) is 2. The zero-order valence-electron chi connectivity index (χ0n) is 20.2. The van der Waals surface area contributed by atoms with Crippen LogP contribution in [0.4, 0.5) is 0 Å². The molecule has 2 amide bonds. The number of hydrogen-bond acceptors (Lipinski definition) is 5. The second kappa shape index (κ2) is 21.8. The van der Waals surface area contributed by atoms with Crippen LogP contribution in [-0.2, 0) is 19.1 Å². The molecule has 0 fully saturated rings. The zero-order valence-corrected chi connectivity index (χ0v) is 20.2. The SMILES string of the molecule is CCCCCCCCCCCC(=O)NC(=O)CCC(N)C(=O)OCCCCCCCC. The Morgan fingerprint density at radius 3 is 1.68 bits per heavy atom. The third-order valence-electron chi connectivity index (χ3n) is 5.51. The molecule has 182 valence electrons. The molecule has 6 nitrogen and oxygen atoms in total. The molecule has 1 unspecified atom stereocenters. The fourth-order valence-corrected chi connectivity index (χ4v) is 3.44. The number of amides is 2. The van der Waals surface area contributed by atoms with Crippen molar-refractivity contribution < 1.29 is 19.1 Å². The van der Waals surface area contributed by atoms with Crippen LogP contribution in [0.3, 0.4) is 0 Å². The van der Waals surface area contributed by atoms with Gasteiger partial charge in [0, 0.05) is 12.8 Å². The lowest BCUT2D eigenvalue weighted by molar-refractivity contribution is -0.145. The lowest BCUT2D eigenvalue weighted by atomic mass is 10.1. The summed E-state index contributed by atoms with van der Waals surface area (Å²) in [6.07, 6.45) is 18.0. The summed E-state index contributed by atoms with van der Waals surface area (Å²) in [7, 11) is 0. The Hall–Kier alpha value is -1.43. The maximum atomic E-state index is 11.9. The van der Waals surface area contributed by atoms with E-state index in [1.807, 2.05) is 0 Å². The molecule has 0 aliphatic heterocycles. The third kappa shape index (κ3) is 20.2. The summed E-state index contributed by atoms with van der Waals surface area (Å²) in [6.45, 7) is 4.77. The van der Waals surface area contributed by atoms with Gasteiger partial charge in [0.25, 0.3) is 0 Å². The average Bonchev–Trinajstić information content (AvgIpc) is 2.75. The Balaban J connectivity index is 3.64. The van der Waals surface area contributed by atoms with Gasteiger partial charge in [-0.25, -0.2) is 0 Å². The molecule has 0 aliphatic carbocycles. The van der Waals surface area contributed by atoms with Crippen molar-refractivity contribution in [1.82, 2.24) is 5.32 Å². The van der Waals surface area contributed by atoms with E-state index in [9.17, 15) is 14.4 Å². The smallest absolute Gasteiger partial charge is 0.322 e. The van der Waals surface area contributed by atoms with Crippen LogP contribution in [0.1, 0.15) is 129 Å². The molecule has 0 spiro atoms. The fourth-order valence-electron chi connectivity index (χ4n) is 3.44. The summed E-state index contributed by atoms with van der Waals surface area (Å²) >= 11 is 0. The molecule has 0 radical (unpaired) electrons. The molecule has 0 aromatic carbocycles. The number of rotatable bonds is 21. The Morgan fingerprint density at radius 1 is 0.677 bits per heavy atom. The standard InChI is InChI=1S/C25H48N2O4/c1-3-5-7-9-11-12-13-14-16-18-23(28)27-24(29)20-19-22(26)25(30)31-21-17-15-10-8-6-4-2/h22H,3-21,26H2,1-2H3,(H,27,28,29). The molecule has 31 heavy (non-hydrogen) atoms. The highest BCUT2D eigenvalue weighted by molar-refractivity contribution is 5.95. The molecule has 0 bridgehead atoms. The number of nitrogens with one attached hydrogen (secondary N) is 1. The number of esters is 1. The summed E-state index contributed by atoms with van der Waals surface area (Å²) in [5, 5.41) is 2.39. The van der Waals surface area contributed by atoms with E-state index in [0.29, 0.717) is 13.0 Å². The van der Waals surface area contributed by atoms with Crippen LogP contribution in [0.5, 0.6) is 0 Å². The van der Waals surface area contributed by atoms with Crippen LogP contribution in [-0.4, -0.2) is 30.4 Å². The van der Waals surface area contributed by atoms with E-state index in [1.165, 1.54) is 57.8 Å². The van der Waals surface area contributed by atoms with Crippen LogP contribution in [0, 0.1) is 0 Å². The first-order valence-corrected chi connectivity index (χ1v) is 12.8. The molecule has 3 N–H and O–H groups in total. The molecule has 0 aromatic rings. The van der Waals surface area contributed by atoms with E-state index in [0.717, 1.165) is 38.5 Å². The van der Waals surface area contributed by atoms with Crippen LogP contribution < -0.4 is 11.1 Å². The normalized spacial score (nSPS) is 11.8. The first-order chi connectivity index (χ1) is 15.0. The minimum Gasteiger partial charge on any atom is -0.465 e. The van der Waals surface area contributed by atoms with Crippen LogP contribution in [0.25, 0.3) is 0 Å². The number of nitrogens with two attached hydrogens (primary N) is 1. The van der Waals surface area contributed by atoms with Gasteiger partial charge in [-0.15, -0.1) is 0 Å². The molecule has 0 saturated carbocycles. The van der Waals surface area contributed by atoms with Gasteiger partial charge in [0.15, 0.2) is 0 Å². The summed E-state index contributed by atoms with van der Waals surface area (Å²) in [4.78, 5) is 35.6. The molecule has 0 aliphatic rings. The highest BCUT2D eigenvalue weighted by Crippen LogP contribution is 2.10. The monoisotopic (exact) mass is 440 g/mol. The van der Waals surface area contributed by atoms with E-state index < -0.39 is 12.0 Å². The maximum Gasteiger partial charge on any atom is 0.322 e. The predicted molar refractivity (Wildman–Crippen MR) is 127 cm³/mol. The van der Waals surface area contributed by atoms with Crippen molar-refractivity contribution in [1.29, 1.82) is 0 Å². The van der Waals surface area contributed by atoms with Gasteiger partial charge in [-0.3, -0.25) is 19.7 Å². The van der Waals surface area contributed by atoms with Gasteiger partial charge in [-0.1, -0.05) is 97.3 Å². The number of ether oxygens (including phenoxy) is 1. The topological polar surface area (TPSA) is 98.5 Å². The van der Waals surface area contributed by atoms with E-state index >= 15 is 0 Å². The second-order valence-electron chi connectivity index (χ2n) is 8.63. The highest BCUT2D eigenvalue weighted by atomic mass is 16.5. The van der Waals surface area contributed by atoms with Gasteiger partial charge in [0.05, 0.1) is 6.61 Å². The lowest BCUT2D eigenvalue weighted by Crippen LogP contribution is -2.36. The summed E-state index contributed by atoms with van der Waals surface area (Å²) in [5.74, 6) is -1.09. The molecular weight excluding hydrogens is 392 g/mol. The van der Waals surface area contributed by atoms with Crippen molar-refractivity contribution in [2.45, 2.75) is 135 Å². The minimum absolute atomic E-state index is 0.0524. The molecule has 1 atom stereocenters. The Morgan fingerprint density at radius 2 is 1.13 bits per heavy atom. The molecule has 6 heteroatoms. The van der Waals surface area contributed by atoms with Gasteiger partial charge in [0.2, 0.25) is 11.8 Å². The number of imide groups is 1. The summed E-state index contributed by atoms with van der Waals surface area (Å²) < 4.78 is 5.17. The lowest BCUT2D eigenvalue weighted by Gasteiger charge is -2.11. The van der Waals surface area contributed by atoms with Crippen LogP contribution in [0.15, 0.2) is 0 Å².